The molecule has 4 aromatic heterocycles. The van der Waals surface area contributed by atoms with Crippen molar-refractivity contribution in [2.45, 2.75) is 82.5 Å². The molecule has 0 unspecified atom stereocenters. The number of nitrogens with zero attached hydrogens (tertiary/aromatic N) is 20. The molecule has 0 saturated carbocycles. The number of nitriles is 2. The first kappa shape index (κ1) is 109. The van der Waals surface area contributed by atoms with Crippen LogP contribution in [0.15, 0.2) is 193 Å². The lowest BCUT2D eigenvalue weighted by Crippen LogP contribution is -2.41. The third-order valence-electron chi connectivity index (χ3n) is 22.1. The second-order valence-corrected chi connectivity index (χ2v) is 38.2. The van der Waals surface area contributed by atoms with Gasteiger partial charge in [-0.25, -0.2) is 91.3 Å². The fourth-order valence-electron chi connectivity index (χ4n) is 14.8. The number of pyridine rings is 3. The Bertz CT molecular complexity index is 7040. The molecule has 9 aromatic rings. The van der Waals surface area contributed by atoms with Gasteiger partial charge in [0.25, 0.3) is 0 Å². The molecule has 146 heavy (non-hydrogen) atoms. The van der Waals surface area contributed by atoms with Gasteiger partial charge in [-0.05, 0) is 149 Å². The van der Waals surface area contributed by atoms with Gasteiger partial charge in [-0.15, -0.1) is 4.80 Å². The number of amidine groups is 5. The number of morpholine rings is 1. The van der Waals surface area contributed by atoms with Gasteiger partial charge >= 0.3 is 30.5 Å². The van der Waals surface area contributed by atoms with Crippen LogP contribution in [0.2, 0.25) is 0 Å². The number of cyclic esters (lactones) is 5. The van der Waals surface area contributed by atoms with Crippen molar-refractivity contribution in [1.29, 1.82) is 10.5 Å². The highest BCUT2D eigenvalue weighted by atomic mass is 32.2. The molecule has 51 heteroatoms. The third kappa shape index (κ3) is 29.6. The Kier molecular flexibility index (Phi) is 37.6. The summed E-state index contributed by atoms with van der Waals surface area (Å²) in [6.45, 7) is 13.7. The maximum atomic E-state index is 14.8. The van der Waals surface area contributed by atoms with Gasteiger partial charge in [0.2, 0.25) is 10.0 Å². The summed E-state index contributed by atoms with van der Waals surface area (Å²) >= 11 is 0. The van der Waals surface area contributed by atoms with E-state index in [1.807, 2.05) is 4.90 Å². The maximum Gasteiger partial charge on any atom is 0.414 e. The van der Waals surface area contributed by atoms with Crippen LogP contribution in [0.1, 0.15) is 42.0 Å². The fourth-order valence-corrected chi connectivity index (χ4v) is 17.2. The lowest BCUT2D eigenvalue weighted by atomic mass is 10.0. The van der Waals surface area contributed by atoms with Gasteiger partial charge in [0, 0.05) is 96.8 Å². The molecule has 7 saturated heterocycles. The summed E-state index contributed by atoms with van der Waals surface area (Å²) in [7, 11) is -10.4. The van der Waals surface area contributed by atoms with Crippen molar-refractivity contribution in [3.8, 4) is 89.0 Å². The van der Waals surface area contributed by atoms with Crippen LogP contribution >= 0.6 is 0 Å². The number of carbonyl (C=O) groups is 5. The van der Waals surface area contributed by atoms with E-state index >= 15 is 0 Å². The maximum absolute atomic E-state index is 14.8. The predicted octanol–water partition coefficient (Wildman–Crippen LogP) is 9.05. The lowest BCUT2D eigenvalue weighted by Gasteiger charge is -2.29. The Balaban J connectivity index is 0.000000174. The summed E-state index contributed by atoms with van der Waals surface area (Å²) in [5.41, 5.74) is 4.39. The van der Waals surface area contributed by atoms with Gasteiger partial charge in [0.15, 0.2) is 54.5 Å². The molecule has 43 nitrogen and oxygen atoms in total. The minimum Gasteiger partial charge on any atom is -0.442 e. The molecule has 7 fully saturated rings. The molecule has 11 heterocycles. The summed E-state index contributed by atoms with van der Waals surface area (Å²) in [4.78, 5) is 104. The Morgan fingerprint density at radius 1 is 0.473 bits per heavy atom. The number of hydrogen-bond donors (Lipinski definition) is 6. The summed E-state index contributed by atoms with van der Waals surface area (Å²) < 4.78 is 174. The highest BCUT2D eigenvalue weighted by Crippen LogP contribution is 2.36. The standard InChI is InChI=1S/C21H18FN7O2.C20H19FN4O4S.C19H18FN5O4S.C18H21FN4O3.C16H19FN6O4S.CH4/c1-3-23-14(2)24-12-17-13-28(21(30)31-17)16-5-6-18(19(22)10-16)15-4-7-20(25-11-15)29-26-8-9-27-29;1-3-23-13(2)24-11-16-12-25(20(26)29-16)15-7-8-18(19(21)10-15)14-5-4-6-17(9-14)30(22,27)28;1-12(24-11-21)22-9-15-10-25(19(26)29-15)14-4-5-16(17(20)7-14)13-3-6-18(23-8-13)30(2,27)28;1-3-20-13(2)21-11-15-12-23(18(24)26-15)14-4-5-17(16(19)10-14)22-6-8-25-9-7-22;1-11(21-10-18)19-8-13-9-23(16(24)27-13)12-6-14(17)15(20-7-12)22-2-4-28(25,26)5-3-22;/h1,4-11,17H,12-13H2,2H3,(H,23,24);1,4-10,16H,11-12H2,2H3,(H,23,24)(H2,22,27,28);3-8,15H,9-10H2,1-2H3,(H,22,24);1,4-5,10,15H,6-9,11-12H2,2H3,(H,20,21);6-7,13H,2-5,8-9H2,1H3,(H,19,21);1H4/t17-;16-;2*15-;13-;/m00000./s1. The van der Waals surface area contributed by atoms with Crippen molar-refractivity contribution < 1.29 is 99.6 Å². The molecule has 5 aromatic carbocycles. The number of primary sulfonamides is 1. The Morgan fingerprint density at radius 2 is 0.870 bits per heavy atom. The Labute approximate surface area is 837 Å². The number of rotatable bonds is 23. The van der Waals surface area contributed by atoms with Crippen LogP contribution in [-0.2, 0) is 58.1 Å². The molecule has 5 amide bonds. The van der Waals surface area contributed by atoms with E-state index in [0.717, 1.165) is 6.26 Å². The summed E-state index contributed by atoms with van der Waals surface area (Å²) in [6.07, 6.45) is 21.9. The number of benzene rings is 5. The van der Waals surface area contributed by atoms with E-state index in [-0.39, 0.29) is 116 Å². The minimum atomic E-state index is -3.91. The van der Waals surface area contributed by atoms with Crippen LogP contribution in [0.4, 0.5) is 85.9 Å². The van der Waals surface area contributed by atoms with E-state index in [1.165, 1.54) is 114 Å². The topological polar surface area (TPSA) is 531 Å². The number of nitrogens with one attached hydrogen (secondary N) is 5. The number of halogens is 5. The van der Waals surface area contributed by atoms with E-state index in [9.17, 15) is 71.2 Å². The van der Waals surface area contributed by atoms with Crippen LogP contribution in [0.3, 0.4) is 0 Å². The van der Waals surface area contributed by atoms with Gasteiger partial charge in [-0.2, -0.15) is 35.7 Å². The zero-order chi connectivity index (χ0) is 104. The number of ether oxygens (including phenoxy) is 6. The van der Waals surface area contributed by atoms with Crippen molar-refractivity contribution in [2.24, 2.45) is 30.1 Å². The lowest BCUT2D eigenvalue weighted by molar-refractivity contribution is 0.122. The average Bonchev–Trinajstić information content (AvgIpc) is 1.27. The number of terminal acetylenes is 3. The SMILES string of the molecule is C.C#CN=C(C)NC[C@H]1CN(c2ccc(-c3ccc(-n4nccn4)nc3)c(F)c2)C(=O)O1.C#CN=C(C)NC[C@H]1CN(c2ccc(-c3cccc(S(N)(=O)=O)c3)c(F)c2)C(=O)O1.C#CN=C(C)NC[C@H]1CN(c2ccc(N3CCOCC3)c(F)c2)C(=O)O1.CC(=NC[C@H]1CN(c2ccc(-c3ccc(S(C)(=O)=O)nc3)c(F)c2)C(=O)O1)NC#N.CC(=NC[C@H]1CN(c2cnc(N3CCS(=O)(=O)CC3)c(F)c2)C(=O)O1)NC#N. The molecule has 0 bridgehead atoms. The van der Waals surface area contributed by atoms with Crippen LogP contribution in [0.5, 0.6) is 0 Å². The molecule has 764 valence electrons. The van der Waals surface area contributed by atoms with Crippen LogP contribution in [-0.4, -0.2) is 268 Å². The van der Waals surface area contributed by atoms with Gasteiger partial charge in [0.1, 0.15) is 83.0 Å². The minimum absolute atomic E-state index is 0. The van der Waals surface area contributed by atoms with Crippen molar-refractivity contribution in [2.75, 3.05) is 157 Å². The summed E-state index contributed by atoms with van der Waals surface area (Å²) in [5.74, 6) is 0.241. The normalized spacial score (nSPS) is 18.3. The highest BCUT2D eigenvalue weighted by Gasteiger charge is 2.39. The van der Waals surface area contributed by atoms with Gasteiger partial charge in [-0.3, -0.25) is 45.1 Å². The van der Waals surface area contributed by atoms with Crippen LogP contribution < -0.4 is 66.0 Å². The van der Waals surface area contributed by atoms with Gasteiger partial charge < -0.3 is 54.2 Å². The number of aliphatic imine (C=N–C) groups is 5. The number of hydrogen-bond acceptors (Lipinski definition) is 31. The molecule has 7 N–H and O–H groups in total. The molecule has 7 aliphatic rings. The summed E-state index contributed by atoms with van der Waals surface area (Å²) in [6, 6.07) is 37.4. The first-order valence-corrected chi connectivity index (χ1v) is 49.2. The molecule has 0 radical (unpaired) electrons. The second kappa shape index (κ2) is 50.1. The molecule has 16 rings (SSSR count). The van der Waals surface area contributed by atoms with Crippen molar-refractivity contribution in [1.82, 2.24) is 56.5 Å². The molecular weight excluding hydrogens is 1970 g/mol. The number of anilines is 7. The Hall–Kier alpha value is -16.9. The quantitative estimate of drug-likeness (QED) is 0.00661. The molecule has 5 atom stereocenters. The number of amides is 5. The fraction of sp³-hybridized carbons (Fsp3) is 0.316. The van der Waals surface area contributed by atoms with Gasteiger partial charge in [-0.1, -0.05) is 38.8 Å². The largest absolute Gasteiger partial charge is 0.442 e. The zero-order valence-electron chi connectivity index (χ0n) is 78.4. The number of sulfone groups is 2. The van der Waals surface area contributed by atoms with Crippen molar-refractivity contribution in [3.63, 3.8) is 0 Å². The van der Waals surface area contributed by atoms with E-state index in [4.69, 9.17) is 63.4 Å². The number of aromatic nitrogens is 6. The molecule has 0 spiro atoms. The van der Waals surface area contributed by atoms with E-state index < -0.39 is 108 Å². The molecule has 7 aliphatic heterocycles. The van der Waals surface area contributed by atoms with E-state index in [0.29, 0.717) is 138 Å². The first-order valence-electron chi connectivity index (χ1n) is 44.0. The molecular formula is C95H99F5N26O17S3. The number of carbonyl (C=O) groups excluding carboxylic acids is 5. The van der Waals surface area contributed by atoms with Crippen molar-refractivity contribution in [3.05, 3.63) is 187 Å². The smallest absolute Gasteiger partial charge is 0.414 e. The van der Waals surface area contributed by atoms with Crippen molar-refractivity contribution >= 4 is 129 Å². The van der Waals surface area contributed by atoms with E-state index in [2.05, 4.69) is 94.8 Å². The predicted molar refractivity (Wildman–Crippen MR) is 533 cm³/mol. The first-order chi connectivity index (χ1) is 69.3. The van der Waals surface area contributed by atoms with Gasteiger partial charge in [0.05, 0.1) is 148 Å². The monoisotopic (exact) mass is 2070 g/mol. The zero-order valence-corrected chi connectivity index (χ0v) is 80.9. The number of nitrogens with two attached hydrogens (primary N) is 1. The average molecular weight is 2070 g/mol. The Morgan fingerprint density at radius 3 is 1.25 bits per heavy atom. The third-order valence-corrected chi connectivity index (χ3v) is 25.6. The molecule has 0 aliphatic carbocycles. The highest BCUT2D eigenvalue weighted by molar-refractivity contribution is 7.91. The number of sulfonamides is 1. The van der Waals surface area contributed by atoms with Crippen LogP contribution in [0.25, 0.3) is 39.2 Å². The van der Waals surface area contributed by atoms with Crippen LogP contribution in [0, 0.1) is 89.4 Å². The van der Waals surface area contributed by atoms with E-state index in [1.54, 1.807) is 125 Å². The second-order valence-electron chi connectivity index (χ2n) is 32.3. The summed E-state index contributed by atoms with van der Waals surface area (Å²) in [5, 5.41) is 43.8.